The van der Waals surface area contributed by atoms with Gasteiger partial charge in [0, 0.05) is 24.1 Å². The number of benzene rings is 1. The number of hydrogen-bond donors (Lipinski definition) is 1. The van der Waals surface area contributed by atoms with Gasteiger partial charge in [0.15, 0.2) is 0 Å². The summed E-state index contributed by atoms with van der Waals surface area (Å²) in [5, 5.41) is 11.0. The highest BCUT2D eigenvalue weighted by atomic mass is 79.9. The zero-order chi connectivity index (χ0) is 15.3. The molecule has 0 aliphatic carbocycles. The molecule has 1 aliphatic heterocycles. The molecule has 4 nitrogen and oxygen atoms in total. The van der Waals surface area contributed by atoms with Gasteiger partial charge in [0.1, 0.15) is 12.4 Å². The summed E-state index contributed by atoms with van der Waals surface area (Å²) >= 11 is 3.61. The lowest BCUT2D eigenvalue weighted by atomic mass is 9.82. The highest BCUT2D eigenvalue weighted by Crippen LogP contribution is 2.38. The van der Waals surface area contributed by atoms with Crippen molar-refractivity contribution in [2.45, 2.75) is 31.3 Å². The third-order valence-corrected chi connectivity index (χ3v) is 4.53. The van der Waals surface area contributed by atoms with Gasteiger partial charge in [-0.25, -0.2) is 0 Å². The molecule has 1 aromatic rings. The summed E-state index contributed by atoms with van der Waals surface area (Å²) in [6, 6.07) is 5.94. The van der Waals surface area contributed by atoms with E-state index in [0.29, 0.717) is 13.2 Å². The van der Waals surface area contributed by atoms with Crippen LogP contribution in [0, 0.1) is 0 Å². The molecule has 21 heavy (non-hydrogen) atoms. The van der Waals surface area contributed by atoms with Gasteiger partial charge in [-0.3, -0.25) is 0 Å². The van der Waals surface area contributed by atoms with Gasteiger partial charge in [-0.05, 0) is 30.0 Å². The average Bonchev–Trinajstić information content (AvgIpc) is 2.48. The first kappa shape index (κ1) is 16.9. The second-order valence-electron chi connectivity index (χ2n) is 5.57. The topological polar surface area (TPSA) is 47.9 Å². The molecule has 0 amide bonds. The number of hydrogen-bond acceptors (Lipinski definition) is 4. The summed E-state index contributed by atoms with van der Waals surface area (Å²) in [4.78, 5) is 0. The Morgan fingerprint density at radius 3 is 2.95 bits per heavy atom. The molecule has 118 valence electrons. The van der Waals surface area contributed by atoms with Gasteiger partial charge in [0.25, 0.3) is 0 Å². The monoisotopic (exact) mass is 358 g/mol. The Morgan fingerprint density at radius 1 is 1.48 bits per heavy atom. The van der Waals surface area contributed by atoms with Crippen LogP contribution in [0.3, 0.4) is 0 Å². The van der Waals surface area contributed by atoms with Crippen molar-refractivity contribution in [3.63, 3.8) is 0 Å². The summed E-state index contributed by atoms with van der Waals surface area (Å²) in [7, 11) is 1.61. The zero-order valence-corrected chi connectivity index (χ0v) is 14.2. The van der Waals surface area contributed by atoms with Gasteiger partial charge in [0.05, 0.1) is 13.2 Å². The molecule has 1 fully saturated rings. The minimum absolute atomic E-state index is 0.150. The quantitative estimate of drug-likeness (QED) is 0.626. The van der Waals surface area contributed by atoms with Crippen LogP contribution < -0.4 is 0 Å². The molecule has 1 aromatic carbocycles. The van der Waals surface area contributed by atoms with Crippen molar-refractivity contribution in [3.05, 3.63) is 33.8 Å². The van der Waals surface area contributed by atoms with Gasteiger partial charge in [-0.1, -0.05) is 35.0 Å². The third-order valence-electron chi connectivity index (χ3n) is 3.84. The molecule has 2 unspecified atom stereocenters. The summed E-state index contributed by atoms with van der Waals surface area (Å²) in [5.74, 6) is 0.150. The lowest BCUT2D eigenvalue weighted by Crippen LogP contribution is -2.37. The Kier molecular flexibility index (Phi) is 6.20. The van der Waals surface area contributed by atoms with E-state index in [2.05, 4.69) is 22.9 Å². The van der Waals surface area contributed by atoms with Crippen LogP contribution in [0.5, 0.6) is 0 Å². The van der Waals surface area contributed by atoms with Crippen LogP contribution in [0.2, 0.25) is 0 Å². The molecule has 1 aliphatic rings. The number of ether oxygens (including phenoxy) is 3. The van der Waals surface area contributed by atoms with Crippen molar-refractivity contribution in [2.24, 2.45) is 0 Å². The molecule has 0 radical (unpaired) electrons. The Bertz CT molecular complexity index is 458. The third kappa shape index (κ3) is 4.05. The van der Waals surface area contributed by atoms with Crippen LogP contribution in [-0.4, -0.2) is 38.8 Å². The molecule has 0 spiro atoms. The summed E-state index contributed by atoms with van der Waals surface area (Å²) in [6.07, 6.45) is 1.60. The van der Waals surface area contributed by atoms with Crippen LogP contribution in [0.1, 0.15) is 36.8 Å². The second-order valence-corrected chi connectivity index (χ2v) is 6.42. The molecule has 0 saturated carbocycles. The van der Waals surface area contributed by atoms with Crippen molar-refractivity contribution in [1.29, 1.82) is 0 Å². The Labute approximate surface area is 134 Å². The molecule has 1 heterocycles. The maximum atomic E-state index is 11.0. The van der Waals surface area contributed by atoms with Gasteiger partial charge in [0.2, 0.25) is 0 Å². The highest BCUT2D eigenvalue weighted by Gasteiger charge is 2.35. The van der Waals surface area contributed by atoms with Crippen LogP contribution in [0.15, 0.2) is 22.7 Å². The lowest BCUT2D eigenvalue weighted by molar-refractivity contribution is -0.0912. The van der Waals surface area contributed by atoms with E-state index in [-0.39, 0.29) is 12.7 Å². The molecular formula is C16H23BrO4. The predicted octanol–water partition coefficient (Wildman–Crippen LogP) is 3.17. The van der Waals surface area contributed by atoms with Gasteiger partial charge in [-0.15, -0.1) is 0 Å². The SMILES string of the molecule is COCOCC(C)c1c(Br)cccc1C1(O)CCCOC1. The smallest absolute Gasteiger partial charge is 0.146 e. The van der Waals surface area contributed by atoms with Crippen LogP contribution in [-0.2, 0) is 19.8 Å². The summed E-state index contributed by atoms with van der Waals surface area (Å²) in [5.41, 5.74) is 1.11. The van der Waals surface area contributed by atoms with Crippen LogP contribution >= 0.6 is 15.9 Å². The fourth-order valence-corrected chi connectivity index (χ4v) is 3.58. The summed E-state index contributed by atoms with van der Waals surface area (Å²) in [6.45, 7) is 3.98. The van der Waals surface area contributed by atoms with Gasteiger partial charge < -0.3 is 19.3 Å². The molecule has 0 aromatic heterocycles. The second kappa shape index (κ2) is 7.70. The fraction of sp³-hybridized carbons (Fsp3) is 0.625. The predicted molar refractivity (Wildman–Crippen MR) is 84.3 cm³/mol. The average molecular weight is 359 g/mol. The first-order valence-corrected chi connectivity index (χ1v) is 8.03. The van der Waals surface area contributed by atoms with Gasteiger partial charge in [-0.2, -0.15) is 0 Å². The molecule has 1 saturated heterocycles. The van der Waals surface area contributed by atoms with Crippen LogP contribution in [0.25, 0.3) is 0 Å². The molecular weight excluding hydrogens is 336 g/mol. The van der Waals surface area contributed by atoms with E-state index >= 15 is 0 Å². The van der Waals surface area contributed by atoms with E-state index in [0.717, 1.165) is 35.0 Å². The molecule has 2 atom stereocenters. The standard InChI is InChI=1S/C16H23BrO4/c1-12(9-21-11-19-2)15-13(5-3-6-14(15)17)16(18)7-4-8-20-10-16/h3,5-6,12,18H,4,7-11H2,1-2H3. The van der Waals surface area contributed by atoms with Crippen molar-refractivity contribution in [3.8, 4) is 0 Å². The first-order chi connectivity index (χ1) is 10.1. The first-order valence-electron chi connectivity index (χ1n) is 7.24. The molecule has 2 rings (SSSR count). The van der Waals surface area contributed by atoms with Crippen molar-refractivity contribution in [2.75, 3.05) is 33.7 Å². The fourth-order valence-electron chi connectivity index (χ4n) is 2.83. The van der Waals surface area contributed by atoms with E-state index in [1.807, 2.05) is 18.2 Å². The lowest BCUT2D eigenvalue weighted by Gasteiger charge is -2.35. The molecule has 5 heteroatoms. The van der Waals surface area contributed by atoms with E-state index in [1.54, 1.807) is 7.11 Å². The molecule has 1 N–H and O–H groups in total. The zero-order valence-electron chi connectivity index (χ0n) is 12.6. The van der Waals surface area contributed by atoms with Crippen molar-refractivity contribution >= 4 is 15.9 Å². The normalized spacial score (nSPS) is 24.0. The maximum Gasteiger partial charge on any atom is 0.146 e. The van der Waals surface area contributed by atoms with Crippen molar-refractivity contribution in [1.82, 2.24) is 0 Å². The van der Waals surface area contributed by atoms with Gasteiger partial charge >= 0.3 is 0 Å². The Hall–Kier alpha value is -0.460. The Morgan fingerprint density at radius 2 is 2.29 bits per heavy atom. The number of aliphatic hydroxyl groups is 1. The van der Waals surface area contributed by atoms with Crippen molar-refractivity contribution < 1.29 is 19.3 Å². The minimum atomic E-state index is -0.910. The number of halogens is 1. The van der Waals surface area contributed by atoms with E-state index in [9.17, 15) is 5.11 Å². The van der Waals surface area contributed by atoms with Crippen LogP contribution in [0.4, 0.5) is 0 Å². The molecule has 0 bridgehead atoms. The number of methoxy groups -OCH3 is 1. The van der Waals surface area contributed by atoms with E-state index in [4.69, 9.17) is 14.2 Å². The minimum Gasteiger partial charge on any atom is -0.383 e. The maximum absolute atomic E-state index is 11.0. The Balaban J connectivity index is 2.27. The van der Waals surface area contributed by atoms with E-state index < -0.39 is 5.60 Å². The largest absolute Gasteiger partial charge is 0.383 e. The highest BCUT2D eigenvalue weighted by molar-refractivity contribution is 9.10. The summed E-state index contributed by atoms with van der Waals surface area (Å²) < 4.78 is 16.9. The number of rotatable bonds is 6. The van der Waals surface area contributed by atoms with E-state index in [1.165, 1.54) is 0 Å².